The number of ether oxygens (including phenoxy) is 1. The zero-order valence-corrected chi connectivity index (χ0v) is 11.2. The number of anilines is 1. The third-order valence-corrected chi connectivity index (χ3v) is 2.90. The van der Waals surface area contributed by atoms with E-state index in [1.165, 1.54) is 5.56 Å². The van der Waals surface area contributed by atoms with Crippen LogP contribution in [0.1, 0.15) is 25.8 Å². The van der Waals surface area contributed by atoms with E-state index in [1.807, 2.05) is 26.0 Å². The SMILES string of the molecule is COC(C)(C)CC(CO)Nc1cccc(C)c1. The van der Waals surface area contributed by atoms with Crippen LogP contribution in [0.15, 0.2) is 24.3 Å². The minimum atomic E-state index is -0.232. The van der Waals surface area contributed by atoms with Crippen LogP contribution < -0.4 is 5.32 Å². The molecule has 1 aromatic carbocycles. The second-order valence-corrected chi connectivity index (χ2v) is 5.06. The molecule has 1 aromatic rings. The Hall–Kier alpha value is -1.06. The van der Waals surface area contributed by atoms with Gasteiger partial charge < -0.3 is 15.2 Å². The fraction of sp³-hybridized carbons (Fsp3) is 0.571. The number of aryl methyl sites for hydroxylation is 1. The van der Waals surface area contributed by atoms with E-state index in [1.54, 1.807) is 7.11 Å². The molecule has 1 atom stereocenters. The minimum absolute atomic E-state index is 0.00625. The predicted octanol–water partition coefficient (Wildman–Crippen LogP) is 2.58. The van der Waals surface area contributed by atoms with Gasteiger partial charge in [-0.2, -0.15) is 0 Å². The van der Waals surface area contributed by atoms with Crippen molar-refractivity contribution in [2.24, 2.45) is 0 Å². The fourth-order valence-corrected chi connectivity index (χ4v) is 1.81. The largest absolute Gasteiger partial charge is 0.394 e. The van der Waals surface area contributed by atoms with Gasteiger partial charge in [0.15, 0.2) is 0 Å². The standard InChI is InChI=1S/C14H23NO2/c1-11-6-5-7-12(8-11)15-13(10-16)9-14(2,3)17-4/h5-8,13,15-16H,9-10H2,1-4H3. The van der Waals surface area contributed by atoms with Gasteiger partial charge in [-0.05, 0) is 44.9 Å². The molecule has 3 heteroatoms. The Balaban J connectivity index is 2.64. The first kappa shape index (κ1) is 14.0. The molecule has 1 rings (SSSR count). The monoisotopic (exact) mass is 237 g/mol. The van der Waals surface area contributed by atoms with Crippen LogP contribution in [0.25, 0.3) is 0 Å². The number of methoxy groups -OCH3 is 1. The summed E-state index contributed by atoms with van der Waals surface area (Å²) in [5, 5.41) is 12.7. The molecule has 17 heavy (non-hydrogen) atoms. The normalized spacial score (nSPS) is 13.5. The van der Waals surface area contributed by atoms with E-state index in [0.717, 1.165) is 12.1 Å². The summed E-state index contributed by atoms with van der Waals surface area (Å²) in [6.45, 7) is 6.19. The Kier molecular flexibility index (Phi) is 4.97. The zero-order valence-electron chi connectivity index (χ0n) is 11.2. The quantitative estimate of drug-likeness (QED) is 0.799. The Labute approximate surface area is 104 Å². The molecule has 0 fully saturated rings. The molecular formula is C14H23NO2. The molecule has 96 valence electrons. The molecule has 0 aliphatic rings. The maximum Gasteiger partial charge on any atom is 0.0643 e. The van der Waals surface area contributed by atoms with Crippen molar-refractivity contribution in [3.8, 4) is 0 Å². The lowest BCUT2D eigenvalue weighted by Gasteiger charge is -2.28. The maximum atomic E-state index is 9.40. The van der Waals surface area contributed by atoms with E-state index in [-0.39, 0.29) is 18.2 Å². The van der Waals surface area contributed by atoms with Gasteiger partial charge in [0.05, 0.1) is 18.2 Å². The lowest BCUT2D eigenvalue weighted by atomic mass is 9.99. The van der Waals surface area contributed by atoms with Crippen molar-refractivity contribution in [3.05, 3.63) is 29.8 Å². The highest BCUT2D eigenvalue weighted by Crippen LogP contribution is 2.19. The first-order chi connectivity index (χ1) is 7.96. The van der Waals surface area contributed by atoms with Crippen LogP contribution in [0.5, 0.6) is 0 Å². The average Bonchev–Trinajstić information content (AvgIpc) is 2.28. The molecule has 0 aliphatic carbocycles. The van der Waals surface area contributed by atoms with Crippen LogP contribution >= 0.6 is 0 Å². The lowest BCUT2D eigenvalue weighted by molar-refractivity contribution is 0.00748. The van der Waals surface area contributed by atoms with E-state index < -0.39 is 0 Å². The fourth-order valence-electron chi connectivity index (χ4n) is 1.81. The van der Waals surface area contributed by atoms with Gasteiger partial charge in [-0.25, -0.2) is 0 Å². The van der Waals surface area contributed by atoms with Crippen molar-refractivity contribution < 1.29 is 9.84 Å². The number of nitrogens with one attached hydrogen (secondary N) is 1. The maximum absolute atomic E-state index is 9.40. The number of rotatable bonds is 6. The first-order valence-corrected chi connectivity index (χ1v) is 5.96. The van der Waals surface area contributed by atoms with Crippen LogP contribution in [-0.4, -0.2) is 30.5 Å². The van der Waals surface area contributed by atoms with E-state index in [0.29, 0.717) is 0 Å². The molecule has 0 aliphatic heterocycles. The molecule has 0 radical (unpaired) electrons. The van der Waals surface area contributed by atoms with Gasteiger partial charge in [0.25, 0.3) is 0 Å². The predicted molar refractivity (Wildman–Crippen MR) is 71.4 cm³/mol. The van der Waals surface area contributed by atoms with Gasteiger partial charge in [0.2, 0.25) is 0 Å². The number of aliphatic hydroxyl groups excluding tert-OH is 1. The number of hydrogen-bond donors (Lipinski definition) is 2. The molecule has 0 aromatic heterocycles. The Bertz CT molecular complexity index is 350. The third-order valence-electron chi connectivity index (χ3n) is 2.90. The molecule has 0 spiro atoms. The van der Waals surface area contributed by atoms with Crippen LogP contribution in [0, 0.1) is 6.92 Å². The van der Waals surface area contributed by atoms with Crippen LogP contribution in [0.4, 0.5) is 5.69 Å². The summed E-state index contributed by atoms with van der Waals surface area (Å²) in [7, 11) is 1.70. The zero-order chi connectivity index (χ0) is 12.9. The van der Waals surface area contributed by atoms with E-state index in [2.05, 4.69) is 24.4 Å². The molecule has 0 saturated heterocycles. The summed E-state index contributed by atoms with van der Waals surface area (Å²) in [5.41, 5.74) is 2.01. The topological polar surface area (TPSA) is 41.5 Å². The molecule has 2 N–H and O–H groups in total. The number of benzene rings is 1. The molecule has 1 unspecified atom stereocenters. The van der Waals surface area contributed by atoms with Crippen molar-refractivity contribution in [1.82, 2.24) is 0 Å². The summed E-state index contributed by atoms with van der Waals surface area (Å²) >= 11 is 0. The third kappa shape index (κ3) is 4.75. The van der Waals surface area contributed by atoms with Gasteiger partial charge in [-0.1, -0.05) is 12.1 Å². The first-order valence-electron chi connectivity index (χ1n) is 5.96. The second kappa shape index (κ2) is 6.03. The lowest BCUT2D eigenvalue weighted by Crippen LogP contribution is -2.35. The highest BCUT2D eigenvalue weighted by atomic mass is 16.5. The van der Waals surface area contributed by atoms with Crippen molar-refractivity contribution in [2.75, 3.05) is 19.0 Å². The van der Waals surface area contributed by atoms with Crippen molar-refractivity contribution in [3.63, 3.8) is 0 Å². The molecule has 0 heterocycles. The van der Waals surface area contributed by atoms with E-state index in [9.17, 15) is 5.11 Å². The molecule has 0 amide bonds. The van der Waals surface area contributed by atoms with E-state index in [4.69, 9.17) is 4.74 Å². The van der Waals surface area contributed by atoms with Gasteiger partial charge in [-0.3, -0.25) is 0 Å². The van der Waals surface area contributed by atoms with Crippen molar-refractivity contribution in [2.45, 2.75) is 38.8 Å². The second-order valence-electron chi connectivity index (χ2n) is 5.06. The van der Waals surface area contributed by atoms with Crippen LogP contribution in [-0.2, 0) is 4.74 Å². The van der Waals surface area contributed by atoms with Gasteiger partial charge >= 0.3 is 0 Å². The van der Waals surface area contributed by atoms with E-state index >= 15 is 0 Å². The Morgan fingerprint density at radius 1 is 1.41 bits per heavy atom. The minimum Gasteiger partial charge on any atom is -0.394 e. The van der Waals surface area contributed by atoms with Crippen LogP contribution in [0.3, 0.4) is 0 Å². The van der Waals surface area contributed by atoms with Gasteiger partial charge in [0, 0.05) is 12.8 Å². The average molecular weight is 237 g/mol. The van der Waals surface area contributed by atoms with Gasteiger partial charge in [-0.15, -0.1) is 0 Å². The van der Waals surface area contributed by atoms with Gasteiger partial charge in [0.1, 0.15) is 0 Å². The highest BCUT2D eigenvalue weighted by molar-refractivity contribution is 5.46. The number of hydrogen-bond acceptors (Lipinski definition) is 3. The number of aliphatic hydroxyl groups is 1. The van der Waals surface area contributed by atoms with Crippen molar-refractivity contribution >= 4 is 5.69 Å². The molecule has 0 bridgehead atoms. The molecule has 3 nitrogen and oxygen atoms in total. The van der Waals surface area contributed by atoms with Crippen LogP contribution in [0.2, 0.25) is 0 Å². The van der Waals surface area contributed by atoms with Crippen molar-refractivity contribution in [1.29, 1.82) is 0 Å². The smallest absolute Gasteiger partial charge is 0.0643 e. The highest BCUT2D eigenvalue weighted by Gasteiger charge is 2.22. The summed E-state index contributed by atoms with van der Waals surface area (Å²) in [6, 6.07) is 8.15. The molecule has 0 saturated carbocycles. The summed E-state index contributed by atoms with van der Waals surface area (Å²) < 4.78 is 5.38. The Morgan fingerprint density at radius 3 is 2.65 bits per heavy atom. The molecular weight excluding hydrogens is 214 g/mol. The summed E-state index contributed by atoms with van der Waals surface area (Å²) in [5.74, 6) is 0. The Morgan fingerprint density at radius 2 is 2.12 bits per heavy atom. The summed E-state index contributed by atoms with van der Waals surface area (Å²) in [6.07, 6.45) is 0.758. The summed E-state index contributed by atoms with van der Waals surface area (Å²) in [4.78, 5) is 0.